The maximum Gasteiger partial charge on any atom is 0.240 e. The summed E-state index contributed by atoms with van der Waals surface area (Å²) in [6, 6.07) is 27.9. The second-order valence-electron chi connectivity index (χ2n) is 9.23. The van der Waals surface area contributed by atoms with E-state index in [2.05, 4.69) is 30.5 Å². The fourth-order valence-electron chi connectivity index (χ4n) is 4.10. The number of hydrazone groups is 1. The van der Waals surface area contributed by atoms with Crippen molar-refractivity contribution in [2.24, 2.45) is 5.10 Å². The Labute approximate surface area is 244 Å². The van der Waals surface area contributed by atoms with Gasteiger partial charge in [0.05, 0.1) is 17.2 Å². The standard InChI is InChI=1S/C31H29N7O3S/c1-22(23-12-14-28(15-13-23)42(40,41)34-16-17-39)37-38-30-29(21-33-31(36-30)35-27-10-6-3-7-11-27)26-18-25(19-32-20-26)24-8-4-2-5-9-24/h2-15,18-21,34,39H,16-17H2,1H3,(H2,33,35,36,38). The lowest BCUT2D eigenvalue weighted by Crippen LogP contribution is -2.26. The van der Waals surface area contributed by atoms with Crippen LogP contribution < -0.4 is 15.5 Å². The van der Waals surface area contributed by atoms with Gasteiger partial charge in [0.25, 0.3) is 0 Å². The predicted octanol–water partition coefficient (Wildman–Crippen LogP) is 5.06. The lowest BCUT2D eigenvalue weighted by atomic mass is 10.0. The molecule has 0 aliphatic carbocycles. The lowest BCUT2D eigenvalue weighted by Gasteiger charge is -2.12. The van der Waals surface area contributed by atoms with Gasteiger partial charge in [-0.05, 0) is 48.4 Å². The van der Waals surface area contributed by atoms with Gasteiger partial charge in [-0.15, -0.1) is 0 Å². The zero-order chi connectivity index (χ0) is 29.4. The van der Waals surface area contributed by atoms with Gasteiger partial charge >= 0.3 is 0 Å². The van der Waals surface area contributed by atoms with Gasteiger partial charge in [0, 0.05) is 47.5 Å². The molecule has 0 aliphatic heterocycles. The van der Waals surface area contributed by atoms with E-state index in [1.54, 1.807) is 24.5 Å². The van der Waals surface area contributed by atoms with Crippen LogP contribution in [0.3, 0.4) is 0 Å². The van der Waals surface area contributed by atoms with E-state index in [9.17, 15) is 8.42 Å². The van der Waals surface area contributed by atoms with Crippen LogP contribution in [-0.4, -0.2) is 47.3 Å². The van der Waals surface area contributed by atoms with Crippen molar-refractivity contribution in [1.82, 2.24) is 19.7 Å². The van der Waals surface area contributed by atoms with E-state index in [0.29, 0.717) is 23.0 Å². The third-order valence-corrected chi connectivity index (χ3v) is 7.77. The van der Waals surface area contributed by atoms with E-state index in [1.165, 1.54) is 12.1 Å². The van der Waals surface area contributed by atoms with Crippen LogP contribution in [-0.2, 0) is 10.0 Å². The van der Waals surface area contributed by atoms with Gasteiger partial charge in [0.2, 0.25) is 16.0 Å². The maximum atomic E-state index is 12.3. The Morgan fingerprint density at radius 2 is 1.55 bits per heavy atom. The summed E-state index contributed by atoms with van der Waals surface area (Å²) in [5, 5.41) is 16.7. The van der Waals surface area contributed by atoms with Crippen molar-refractivity contribution in [3.8, 4) is 22.3 Å². The average Bonchev–Trinajstić information content (AvgIpc) is 3.04. The van der Waals surface area contributed by atoms with Gasteiger partial charge in [-0.1, -0.05) is 60.7 Å². The summed E-state index contributed by atoms with van der Waals surface area (Å²) < 4.78 is 27.0. The first kappa shape index (κ1) is 28.6. The minimum absolute atomic E-state index is 0.0549. The highest BCUT2D eigenvalue weighted by Gasteiger charge is 2.14. The third-order valence-electron chi connectivity index (χ3n) is 6.29. The van der Waals surface area contributed by atoms with Gasteiger partial charge in [-0.2, -0.15) is 10.1 Å². The molecule has 0 spiro atoms. The molecular formula is C31H29N7O3S. The molecular weight excluding hydrogens is 550 g/mol. The molecule has 42 heavy (non-hydrogen) atoms. The molecule has 11 heteroatoms. The molecule has 2 aromatic heterocycles. The Bertz CT molecular complexity index is 1780. The van der Waals surface area contributed by atoms with Crippen LogP contribution in [0, 0.1) is 0 Å². The molecule has 0 saturated carbocycles. The Morgan fingerprint density at radius 3 is 2.26 bits per heavy atom. The van der Waals surface area contributed by atoms with E-state index in [-0.39, 0.29) is 18.0 Å². The quantitative estimate of drug-likeness (QED) is 0.126. The first-order valence-electron chi connectivity index (χ1n) is 13.1. The fourth-order valence-corrected chi connectivity index (χ4v) is 5.13. The normalized spacial score (nSPS) is 11.7. The molecule has 0 fully saturated rings. The Morgan fingerprint density at radius 1 is 0.857 bits per heavy atom. The van der Waals surface area contributed by atoms with Crippen LogP contribution >= 0.6 is 0 Å². The number of pyridine rings is 1. The van der Waals surface area contributed by atoms with E-state index >= 15 is 0 Å². The van der Waals surface area contributed by atoms with Gasteiger partial charge in [-0.25, -0.2) is 18.1 Å². The highest BCUT2D eigenvalue weighted by molar-refractivity contribution is 7.89. The molecule has 5 rings (SSSR count). The molecule has 0 amide bonds. The number of para-hydroxylation sites is 1. The number of anilines is 3. The summed E-state index contributed by atoms with van der Waals surface area (Å²) in [6.45, 7) is 1.47. The summed E-state index contributed by atoms with van der Waals surface area (Å²) >= 11 is 0. The van der Waals surface area contributed by atoms with Crippen molar-refractivity contribution in [3.05, 3.63) is 115 Å². The third kappa shape index (κ3) is 7.02. The number of sulfonamides is 1. The molecule has 0 unspecified atom stereocenters. The Balaban J connectivity index is 1.46. The SMILES string of the molecule is CC(=NNc1nc(Nc2ccccc2)ncc1-c1cncc(-c2ccccc2)c1)c1ccc(S(=O)(=O)NCCO)cc1. The van der Waals surface area contributed by atoms with Crippen molar-refractivity contribution in [2.45, 2.75) is 11.8 Å². The van der Waals surface area contributed by atoms with Crippen molar-refractivity contribution >= 4 is 33.2 Å². The predicted molar refractivity (Wildman–Crippen MR) is 165 cm³/mol. The number of rotatable bonds is 11. The molecule has 0 bridgehead atoms. The molecule has 0 radical (unpaired) electrons. The summed E-state index contributed by atoms with van der Waals surface area (Å²) in [5.41, 5.74) is 8.75. The van der Waals surface area contributed by atoms with Crippen molar-refractivity contribution in [3.63, 3.8) is 0 Å². The van der Waals surface area contributed by atoms with Gasteiger partial charge in [0.15, 0.2) is 5.82 Å². The highest BCUT2D eigenvalue weighted by atomic mass is 32.2. The van der Waals surface area contributed by atoms with E-state index in [0.717, 1.165) is 27.9 Å². The zero-order valence-corrected chi connectivity index (χ0v) is 23.6. The molecule has 212 valence electrons. The number of benzene rings is 3. The number of hydrogen-bond donors (Lipinski definition) is 4. The van der Waals surface area contributed by atoms with Crippen LogP contribution in [0.25, 0.3) is 22.3 Å². The summed E-state index contributed by atoms with van der Waals surface area (Å²) in [4.78, 5) is 13.8. The van der Waals surface area contributed by atoms with Crippen LogP contribution in [0.4, 0.5) is 17.5 Å². The molecule has 10 nitrogen and oxygen atoms in total. The number of aliphatic hydroxyl groups is 1. The second kappa shape index (κ2) is 13.1. The Hall–Kier alpha value is -4.97. The molecule has 0 saturated heterocycles. The van der Waals surface area contributed by atoms with E-state index < -0.39 is 10.0 Å². The van der Waals surface area contributed by atoms with E-state index in [1.807, 2.05) is 79.9 Å². The number of nitrogens with zero attached hydrogens (tertiary/aromatic N) is 4. The number of nitrogens with one attached hydrogen (secondary N) is 3. The topological polar surface area (TPSA) is 141 Å². The summed E-state index contributed by atoms with van der Waals surface area (Å²) in [5.74, 6) is 0.847. The smallest absolute Gasteiger partial charge is 0.240 e. The Kier molecular flexibility index (Phi) is 8.93. The average molecular weight is 580 g/mol. The van der Waals surface area contributed by atoms with Crippen LogP contribution in [0.15, 0.2) is 120 Å². The van der Waals surface area contributed by atoms with Crippen molar-refractivity contribution in [2.75, 3.05) is 23.9 Å². The zero-order valence-electron chi connectivity index (χ0n) is 22.8. The monoisotopic (exact) mass is 579 g/mol. The summed E-state index contributed by atoms with van der Waals surface area (Å²) in [6.07, 6.45) is 5.28. The van der Waals surface area contributed by atoms with E-state index in [4.69, 9.17) is 10.1 Å². The number of aromatic nitrogens is 3. The summed E-state index contributed by atoms with van der Waals surface area (Å²) in [7, 11) is -3.71. The first-order chi connectivity index (χ1) is 20.4. The minimum atomic E-state index is -3.71. The maximum absolute atomic E-state index is 12.3. The molecule has 0 atom stereocenters. The molecule has 3 aromatic carbocycles. The minimum Gasteiger partial charge on any atom is -0.395 e. The van der Waals surface area contributed by atoms with Crippen LogP contribution in [0.5, 0.6) is 0 Å². The van der Waals surface area contributed by atoms with Gasteiger partial charge < -0.3 is 10.4 Å². The number of aliphatic hydroxyl groups excluding tert-OH is 1. The molecule has 4 N–H and O–H groups in total. The lowest BCUT2D eigenvalue weighted by molar-refractivity contribution is 0.301. The van der Waals surface area contributed by atoms with Crippen LogP contribution in [0.2, 0.25) is 0 Å². The van der Waals surface area contributed by atoms with Gasteiger partial charge in [0.1, 0.15) is 0 Å². The fraction of sp³-hybridized carbons (Fsp3) is 0.0968. The van der Waals surface area contributed by atoms with Crippen molar-refractivity contribution < 1.29 is 13.5 Å². The highest BCUT2D eigenvalue weighted by Crippen LogP contribution is 2.30. The van der Waals surface area contributed by atoms with Crippen LogP contribution in [0.1, 0.15) is 12.5 Å². The molecule has 2 heterocycles. The second-order valence-corrected chi connectivity index (χ2v) is 11.0. The van der Waals surface area contributed by atoms with Gasteiger partial charge in [-0.3, -0.25) is 10.4 Å². The first-order valence-corrected chi connectivity index (χ1v) is 14.6. The molecule has 0 aliphatic rings. The molecule has 5 aromatic rings. The number of hydrogen-bond acceptors (Lipinski definition) is 9. The largest absolute Gasteiger partial charge is 0.395 e. The van der Waals surface area contributed by atoms with Crippen molar-refractivity contribution in [1.29, 1.82) is 0 Å².